The van der Waals surface area contributed by atoms with Gasteiger partial charge in [0, 0.05) is 12.1 Å². The van der Waals surface area contributed by atoms with Gasteiger partial charge in [0.25, 0.3) is 5.56 Å². The third-order valence-electron chi connectivity index (χ3n) is 3.13. The van der Waals surface area contributed by atoms with Crippen molar-refractivity contribution in [3.8, 4) is 17.0 Å². The minimum Gasteiger partial charge on any atom is -0.496 e. The van der Waals surface area contributed by atoms with E-state index in [9.17, 15) is 14.7 Å². The molecule has 1 aromatic heterocycles. The molecule has 0 aliphatic rings. The lowest BCUT2D eigenvalue weighted by Crippen LogP contribution is -2.30. The zero-order valence-corrected chi connectivity index (χ0v) is 12.7. The summed E-state index contributed by atoms with van der Waals surface area (Å²) in [6.45, 7) is 4.22. The summed E-state index contributed by atoms with van der Waals surface area (Å²) in [5.41, 5.74) is 0.150. The van der Waals surface area contributed by atoms with Crippen molar-refractivity contribution in [1.82, 2.24) is 9.78 Å². The van der Waals surface area contributed by atoms with E-state index in [0.717, 1.165) is 0 Å². The van der Waals surface area contributed by atoms with Gasteiger partial charge in [0.05, 0.1) is 12.8 Å². The van der Waals surface area contributed by atoms with E-state index < -0.39 is 11.5 Å². The lowest BCUT2D eigenvalue weighted by molar-refractivity contribution is 0.0693. The van der Waals surface area contributed by atoms with Crippen molar-refractivity contribution in [1.29, 1.82) is 0 Å². The van der Waals surface area contributed by atoms with Crippen molar-refractivity contribution in [2.45, 2.75) is 20.4 Å². The number of hydrogen-bond donors (Lipinski definition) is 1. The summed E-state index contributed by atoms with van der Waals surface area (Å²) in [7, 11) is 1.53. The number of nitrogens with zero attached hydrogens (tertiary/aromatic N) is 2. The third-order valence-corrected chi connectivity index (χ3v) is 3.13. The van der Waals surface area contributed by atoms with Gasteiger partial charge in [0.1, 0.15) is 11.3 Å². The summed E-state index contributed by atoms with van der Waals surface area (Å²) in [5, 5.41) is 13.5. The van der Waals surface area contributed by atoms with E-state index in [4.69, 9.17) is 4.74 Å². The Kier molecular flexibility index (Phi) is 4.60. The second-order valence-electron chi connectivity index (χ2n) is 5.33. The summed E-state index contributed by atoms with van der Waals surface area (Å²) >= 11 is 0. The summed E-state index contributed by atoms with van der Waals surface area (Å²) in [5.74, 6) is -0.526. The zero-order chi connectivity index (χ0) is 16.3. The number of methoxy groups -OCH3 is 1. The Morgan fingerprint density at radius 1 is 1.36 bits per heavy atom. The molecule has 0 amide bonds. The number of aromatic carboxylic acids is 1. The molecule has 6 heteroatoms. The van der Waals surface area contributed by atoms with Crippen LogP contribution in [0.3, 0.4) is 0 Å². The first-order valence-electron chi connectivity index (χ1n) is 6.93. The van der Waals surface area contributed by atoms with Crippen LogP contribution in [-0.4, -0.2) is 28.0 Å². The molecule has 2 aromatic rings. The van der Waals surface area contributed by atoms with E-state index in [0.29, 0.717) is 23.6 Å². The molecule has 0 aliphatic heterocycles. The van der Waals surface area contributed by atoms with Crippen LogP contribution in [0.5, 0.6) is 5.75 Å². The number of carboxylic acids is 1. The fraction of sp³-hybridized carbons (Fsp3) is 0.312. The first-order valence-corrected chi connectivity index (χ1v) is 6.93. The number of aromatic nitrogens is 2. The van der Waals surface area contributed by atoms with Crippen molar-refractivity contribution in [2.75, 3.05) is 7.11 Å². The van der Waals surface area contributed by atoms with Crippen LogP contribution in [0.1, 0.15) is 24.2 Å². The molecule has 0 aliphatic carbocycles. The zero-order valence-electron chi connectivity index (χ0n) is 12.7. The average Bonchev–Trinajstić information content (AvgIpc) is 2.48. The van der Waals surface area contributed by atoms with Crippen LogP contribution in [-0.2, 0) is 6.54 Å². The number of benzene rings is 1. The van der Waals surface area contributed by atoms with Crippen LogP contribution in [0.15, 0.2) is 35.1 Å². The van der Waals surface area contributed by atoms with E-state index >= 15 is 0 Å². The van der Waals surface area contributed by atoms with Crippen molar-refractivity contribution in [2.24, 2.45) is 5.92 Å². The SMILES string of the molecule is COc1ccccc1-c1cc(C(=O)O)c(=O)n(CC(C)C)n1. The minimum atomic E-state index is -1.26. The summed E-state index contributed by atoms with van der Waals surface area (Å²) < 4.78 is 6.48. The number of hydrogen-bond acceptors (Lipinski definition) is 4. The van der Waals surface area contributed by atoms with Gasteiger partial charge in [-0.3, -0.25) is 4.79 Å². The molecule has 0 unspecified atom stereocenters. The van der Waals surface area contributed by atoms with Crippen LogP contribution in [0.2, 0.25) is 0 Å². The normalized spacial score (nSPS) is 10.7. The number of rotatable bonds is 5. The molecule has 2 rings (SSSR count). The summed E-state index contributed by atoms with van der Waals surface area (Å²) in [6, 6.07) is 8.44. The van der Waals surface area contributed by atoms with E-state index in [1.807, 2.05) is 19.9 Å². The highest BCUT2D eigenvalue weighted by Gasteiger charge is 2.17. The number of carboxylic acid groups (broad SMARTS) is 1. The number of carbonyl (C=O) groups is 1. The summed E-state index contributed by atoms with van der Waals surface area (Å²) in [6.07, 6.45) is 0. The highest BCUT2D eigenvalue weighted by molar-refractivity contribution is 5.88. The van der Waals surface area contributed by atoms with Crippen LogP contribution in [0, 0.1) is 5.92 Å². The quantitative estimate of drug-likeness (QED) is 0.916. The van der Waals surface area contributed by atoms with Gasteiger partial charge in [0.2, 0.25) is 0 Å². The fourth-order valence-electron chi connectivity index (χ4n) is 2.15. The molecular formula is C16H18N2O4. The molecule has 0 bridgehead atoms. The first kappa shape index (κ1) is 15.8. The molecule has 0 spiro atoms. The second-order valence-corrected chi connectivity index (χ2v) is 5.33. The van der Waals surface area contributed by atoms with Crippen LogP contribution in [0.25, 0.3) is 11.3 Å². The van der Waals surface area contributed by atoms with Crippen LogP contribution < -0.4 is 10.3 Å². The molecule has 22 heavy (non-hydrogen) atoms. The highest BCUT2D eigenvalue weighted by Crippen LogP contribution is 2.27. The molecule has 0 saturated heterocycles. The molecule has 6 nitrogen and oxygen atoms in total. The van der Waals surface area contributed by atoms with Crippen molar-refractivity contribution in [3.63, 3.8) is 0 Å². The van der Waals surface area contributed by atoms with Crippen molar-refractivity contribution >= 4 is 5.97 Å². The van der Waals surface area contributed by atoms with Crippen molar-refractivity contribution in [3.05, 3.63) is 46.2 Å². The molecule has 0 atom stereocenters. The van der Waals surface area contributed by atoms with Crippen LogP contribution >= 0.6 is 0 Å². The van der Waals surface area contributed by atoms with Crippen LogP contribution in [0.4, 0.5) is 0 Å². The van der Waals surface area contributed by atoms with Gasteiger partial charge in [-0.05, 0) is 24.1 Å². The van der Waals surface area contributed by atoms with Gasteiger partial charge in [-0.15, -0.1) is 0 Å². The Labute approximate surface area is 128 Å². The lowest BCUT2D eigenvalue weighted by Gasteiger charge is -2.12. The number of ether oxygens (including phenoxy) is 1. The summed E-state index contributed by atoms with van der Waals surface area (Å²) in [4.78, 5) is 23.5. The molecule has 1 heterocycles. The average molecular weight is 302 g/mol. The predicted octanol–water partition coefficient (Wildman–Crippen LogP) is 2.27. The topological polar surface area (TPSA) is 81.4 Å². The largest absolute Gasteiger partial charge is 0.496 e. The number of para-hydroxylation sites is 1. The van der Waals surface area contributed by atoms with Gasteiger partial charge < -0.3 is 9.84 Å². The maximum absolute atomic E-state index is 12.2. The van der Waals surface area contributed by atoms with E-state index in [1.54, 1.807) is 18.2 Å². The highest BCUT2D eigenvalue weighted by atomic mass is 16.5. The smallest absolute Gasteiger partial charge is 0.341 e. The fourth-order valence-corrected chi connectivity index (χ4v) is 2.15. The maximum atomic E-state index is 12.2. The predicted molar refractivity (Wildman–Crippen MR) is 82.3 cm³/mol. The van der Waals surface area contributed by atoms with E-state index in [2.05, 4.69) is 5.10 Å². The lowest BCUT2D eigenvalue weighted by atomic mass is 10.1. The Balaban J connectivity index is 2.68. The Morgan fingerprint density at radius 2 is 2.05 bits per heavy atom. The Bertz CT molecular complexity index is 750. The van der Waals surface area contributed by atoms with Gasteiger partial charge >= 0.3 is 5.97 Å². The third kappa shape index (κ3) is 3.16. The Hall–Kier alpha value is -2.63. The first-order chi connectivity index (χ1) is 10.4. The van der Waals surface area contributed by atoms with Crippen molar-refractivity contribution < 1.29 is 14.6 Å². The molecule has 1 aromatic carbocycles. The van der Waals surface area contributed by atoms with Gasteiger partial charge in [-0.1, -0.05) is 26.0 Å². The standard InChI is InChI=1S/C16H18N2O4/c1-10(2)9-18-15(19)12(16(20)21)8-13(17-18)11-6-4-5-7-14(11)22-3/h4-8,10H,9H2,1-3H3,(H,20,21). The molecule has 0 radical (unpaired) electrons. The molecular weight excluding hydrogens is 284 g/mol. The minimum absolute atomic E-state index is 0.166. The molecule has 116 valence electrons. The maximum Gasteiger partial charge on any atom is 0.341 e. The van der Waals surface area contributed by atoms with Gasteiger partial charge in [0.15, 0.2) is 0 Å². The molecule has 1 N–H and O–H groups in total. The Morgan fingerprint density at radius 3 is 2.64 bits per heavy atom. The van der Waals surface area contributed by atoms with Gasteiger partial charge in [-0.2, -0.15) is 5.10 Å². The van der Waals surface area contributed by atoms with E-state index in [-0.39, 0.29) is 11.5 Å². The monoisotopic (exact) mass is 302 g/mol. The molecule has 0 saturated carbocycles. The second kappa shape index (κ2) is 6.43. The van der Waals surface area contributed by atoms with E-state index in [1.165, 1.54) is 17.9 Å². The van der Waals surface area contributed by atoms with Gasteiger partial charge in [-0.25, -0.2) is 9.48 Å². The molecule has 0 fully saturated rings.